The van der Waals surface area contributed by atoms with Gasteiger partial charge in [0.1, 0.15) is 0 Å². The normalized spacial score (nSPS) is 15.9. The quantitative estimate of drug-likeness (QED) is 0.587. The summed E-state index contributed by atoms with van der Waals surface area (Å²) < 4.78 is -1.03. The van der Waals surface area contributed by atoms with Crippen LogP contribution in [0.4, 0.5) is 0 Å². The van der Waals surface area contributed by atoms with Gasteiger partial charge in [0.2, 0.25) is 0 Å². The Balaban J connectivity index is 3.64. The summed E-state index contributed by atoms with van der Waals surface area (Å²) in [6, 6.07) is 0. The van der Waals surface area contributed by atoms with E-state index in [2.05, 4.69) is 0 Å². The molecular weight excluding hydrogens is 318 g/mol. The summed E-state index contributed by atoms with van der Waals surface area (Å²) in [6.07, 6.45) is 2.14. The molecule has 0 saturated carbocycles. The third-order valence-electron chi connectivity index (χ3n) is 1.35. The molecule has 5 N–H and O–H groups in total. The van der Waals surface area contributed by atoms with Crippen molar-refractivity contribution in [2.24, 2.45) is 11.5 Å². The molecule has 11 heavy (non-hydrogen) atoms. The van der Waals surface area contributed by atoms with Gasteiger partial charge in [0.25, 0.3) is 0 Å². The number of carbonyl (C=O) groups is 1. The Morgan fingerprint density at radius 3 is 2.45 bits per heavy atom. The molecule has 5 heteroatoms. The van der Waals surface area contributed by atoms with Gasteiger partial charge in [-0.15, -0.1) is 0 Å². The Kier molecular flexibility index (Phi) is 4.86. The van der Waals surface area contributed by atoms with E-state index in [1.54, 1.807) is 0 Å². The van der Waals surface area contributed by atoms with E-state index in [9.17, 15) is 4.79 Å². The van der Waals surface area contributed by atoms with Gasteiger partial charge < -0.3 is 0 Å². The maximum atomic E-state index is 10.5. The van der Waals surface area contributed by atoms with Gasteiger partial charge in [0.05, 0.1) is 0 Å². The first-order chi connectivity index (χ1) is 5.00. The number of carboxylic acid groups (broad SMARTS) is 1. The van der Waals surface area contributed by atoms with Crippen LogP contribution in [-0.4, -0.2) is 21.6 Å². The Bertz CT molecular complexity index is 139. The molecule has 1 atom stereocenters. The van der Waals surface area contributed by atoms with E-state index in [0.717, 1.165) is 32.0 Å². The van der Waals surface area contributed by atoms with Gasteiger partial charge in [0, 0.05) is 0 Å². The third kappa shape index (κ3) is 4.49. The first kappa shape index (κ1) is 11.1. The molecule has 0 rings (SSSR count). The van der Waals surface area contributed by atoms with Crippen LogP contribution in [0.15, 0.2) is 0 Å². The fourth-order valence-electron chi connectivity index (χ4n) is 0.634. The molecule has 0 spiro atoms. The molecule has 0 heterocycles. The van der Waals surface area contributed by atoms with E-state index in [4.69, 9.17) is 16.6 Å². The second-order valence-electron chi connectivity index (χ2n) is 2.41. The van der Waals surface area contributed by atoms with Crippen LogP contribution in [0, 0.1) is 0 Å². The summed E-state index contributed by atoms with van der Waals surface area (Å²) in [5, 5.41) is 8.60. The van der Waals surface area contributed by atoms with Crippen LogP contribution >= 0.6 is 0 Å². The molecule has 4 nitrogen and oxygen atoms in total. The van der Waals surface area contributed by atoms with Crippen LogP contribution < -0.4 is 11.5 Å². The number of rotatable bonds is 5. The van der Waals surface area contributed by atoms with Crippen LogP contribution in [0.2, 0.25) is 0 Å². The van der Waals surface area contributed by atoms with Crippen LogP contribution in [0.3, 0.4) is 0 Å². The van der Waals surface area contributed by atoms with Crippen LogP contribution in [0.1, 0.15) is 19.3 Å². The van der Waals surface area contributed by atoms with Crippen molar-refractivity contribution in [1.82, 2.24) is 0 Å². The summed E-state index contributed by atoms with van der Waals surface area (Å²) >= 11 is 1.11. The number of hydrogen-bond donors (Lipinski definition) is 3. The Morgan fingerprint density at radius 2 is 2.09 bits per heavy atom. The first-order valence-corrected chi connectivity index (χ1v) is 4.78. The molecule has 0 fully saturated rings. The van der Waals surface area contributed by atoms with Gasteiger partial charge in [0.15, 0.2) is 0 Å². The molecule has 0 aliphatic carbocycles. The van der Waals surface area contributed by atoms with Gasteiger partial charge in [-0.25, -0.2) is 0 Å². The predicted molar refractivity (Wildman–Crippen MR) is 37.5 cm³/mol. The second kappa shape index (κ2) is 4.84. The van der Waals surface area contributed by atoms with Gasteiger partial charge in [-0.1, -0.05) is 0 Å². The van der Waals surface area contributed by atoms with E-state index in [1.807, 2.05) is 0 Å². The first-order valence-electron chi connectivity index (χ1n) is 3.42. The third-order valence-corrected chi connectivity index (χ3v) is 2.61. The van der Waals surface area contributed by atoms with E-state index >= 15 is 0 Å². The second-order valence-corrected chi connectivity index (χ2v) is 4.84. The molecule has 0 aliphatic heterocycles. The summed E-state index contributed by atoms with van der Waals surface area (Å²) in [4.78, 5) is 10.5. The zero-order valence-electron chi connectivity index (χ0n) is 6.22. The summed E-state index contributed by atoms with van der Waals surface area (Å²) in [6.45, 7) is 0.599. The molecule has 0 bridgehead atoms. The topological polar surface area (TPSA) is 89.3 Å². The minimum absolute atomic E-state index is 0.510. The number of nitrogens with two attached hydrogens (primary N) is 2. The van der Waals surface area contributed by atoms with Crippen molar-refractivity contribution in [2.45, 2.75) is 23.3 Å². The van der Waals surface area contributed by atoms with Gasteiger partial charge in [-0.3, -0.25) is 0 Å². The maximum absolute atomic E-state index is 10.5. The summed E-state index contributed by atoms with van der Waals surface area (Å²) in [5.74, 6) is -0.925. The average Bonchev–Trinajstić information content (AvgIpc) is 1.88. The molecule has 0 aromatic rings. The fourth-order valence-corrected chi connectivity index (χ4v) is 1.11. The van der Waals surface area contributed by atoms with Crippen molar-refractivity contribution in [2.75, 3.05) is 6.54 Å². The zero-order chi connectivity index (χ0) is 8.91. The van der Waals surface area contributed by atoms with Gasteiger partial charge in [-0.05, 0) is 0 Å². The fraction of sp³-hybridized carbons (Fsp3) is 0.833. The van der Waals surface area contributed by atoms with Gasteiger partial charge in [-0.2, -0.15) is 0 Å². The van der Waals surface area contributed by atoms with Crippen LogP contribution in [0.5, 0.6) is 0 Å². The van der Waals surface area contributed by atoms with Crippen molar-refractivity contribution >= 4 is 5.97 Å². The molecule has 0 unspecified atom stereocenters. The van der Waals surface area contributed by atoms with Gasteiger partial charge >= 0.3 is 76.4 Å². The van der Waals surface area contributed by atoms with Crippen LogP contribution in [0.25, 0.3) is 0 Å². The van der Waals surface area contributed by atoms with Crippen molar-refractivity contribution in [3.05, 3.63) is 0 Å². The Hall–Kier alpha value is 0.0523. The Labute approximate surface area is 76.7 Å². The molecule has 0 aromatic heterocycles. The number of hydrogen-bond acceptors (Lipinski definition) is 3. The predicted octanol–water partition coefficient (Wildman–Crippen LogP) is -0.598. The number of aliphatic carboxylic acids is 1. The van der Waals surface area contributed by atoms with Crippen molar-refractivity contribution in [3.8, 4) is 0 Å². The molecular formula is C6H13N2O2Re. The van der Waals surface area contributed by atoms with E-state index in [0.29, 0.717) is 13.0 Å². The number of carboxylic acids is 1. The Morgan fingerprint density at radius 1 is 1.55 bits per heavy atom. The molecule has 0 saturated heterocycles. The standard InChI is InChI=1S/C6H13N2O2.Re/c7-4-2-1-3-5(8)6(9)10;/h1-4,7-8H2,(H,9,10);. The van der Waals surface area contributed by atoms with Crippen molar-refractivity contribution in [3.63, 3.8) is 0 Å². The van der Waals surface area contributed by atoms with E-state index in [-0.39, 0.29) is 0 Å². The SMILES string of the molecule is NCCCC[C@@](N)([Re])C(=O)O. The molecule has 0 radical (unpaired) electrons. The van der Waals surface area contributed by atoms with E-state index < -0.39 is 9.98 Å². The summed E-state index contributed by atoms with van der Waals surface area (Å²) in [5.41, 5.74) is 10.7. The molecule has 0 aliphatic rings. The van der Waals surface area contributed by atoms with Crippen LogP contribution in [-0.2, 0) is 24.0 Å². The molecule has 0 aromatic carbocycles. The monoisotopic (exact) mass is 332 g/mol. The summed E-state index contributed by atoms with van der Waals surface area (Å²) in [7, 11) is 0. The van der Waals surface area contributed by atoms with E-state index in [1.165, 1.54) is 0 Å². The van der Waals surface area contributed by atoms with Crippen molar-refractivity contribution < 1.29 is 29.1 Å². The minimum atomic E-state index is -1.03. The molecule has 0 amide bonds. The average molecular weight is 331 g/mol. The number of unbranched alkanes of at least 4 members (excludes halogenated alkanes) is 1. The zero-order valence-corrected chi connectivity index (χ0v) is 8.93. The molecule has 66 valence electrons. The van der Waals surface area contributed by atoms with Crippen molar-refractivity contribution in [1.29, 1.82) is 0 Å².